The molecule has 0 N–H and O–H groups in total. The summed E-state index contributed by atoms with van der Waals surface area (Å²) in [5.41, 5.74) is 1.90. The second-order valence-electron chi connectivity index (χ2n) is 6.49. The standard InChI is InChI=1S/C20H19FN4O2/c1-13(26)24-18(14-5-9-17(27-2)10-6-14)11-19(25-20(24)22-12-23-25)15-3-7-16(21)8-4-15/h3-10,12,18-19H,11H2,1-2H3/t18-,19+/m0/s1. The molecular formula is C20H19FN4O2. The van der Waals surface area contributed by atoms with Gasteiger partial charge in [-0.1, -0.05) is 24.3 Å². The minimum absolute atomic E-state index is 0.109. The van der Waals surface area contributed by atoms with Gasteiger partial charge in [0, 0.05) is 6.92 Å². The van der Waals surface area contributed by atoms with Crippen molar-refractivity contribution in [2.75, 3.05) is 12.0 Å². The number of benzene rings is 2. The Bertz CT molecular complexity index is 953. The molecule has 2 heterocycles. The zero-order valence-corrected chi connectivity index (χ0v) is 15.0. The fraction of sp³-hybridized carbons (Fsp3) is 0.250. The number of rotatable bonds is 3. The molecule has 6 nitrogen and oxygen atoms in total. The zero-order valence-electron chi connectivity index (χ0n) is 15.0. The van der Waals surface area contributed by atoms with Crippen LogP contribution in [-0.4, -0.2) is 27.8 Å². The van der Waals surface area contributed by atoms with Crippen molar-refractivity contribution >= 4 is 11.9 Å². The number of amides is 1. The average Bonchev–Trinajstić information content (AvgIpc) is 3.17. The van der Waals surface area contributed by atoms with E-state index >= 15 is 0 Å². The summed E-state index contributed by atoms with van der Waals surface area (Å²) in [5.74, 6) is 0.846. The first kappa shape index (κ1) is 17.2. The molecule has 1 aliphatic rings. The Morgan fingerprint density at radius 3 is 2.33 bits per heavy atom. The largest absolute Gasteiger partial charge is 0.497 e. The summed E-state index contributed by atoms with van der Waals surface area (Å²) >= 11 is 0. The maximum atomic E-state index is 13.4. The van der Waals surface area contributed by atoms with Crippen LogP contribution in [0.1, 0.15) is 36.6 Å². The van der Waals surface area contributed by atoms with Gasteiger partial charge in [0.2, 0.25) is 11.9 Å². The number of anilines is 1. The number of fused-ring (bicyclic) bond motifs is 1. The smallest absolute Gasteiger partial charge is 0.231 e. The minimum Gasteiger partial charge on any atom is -0.497 e. The van der Waals surface area contributed by atoms with Crippen molar-refractivity contribution in [1.29, 1.82) is 0 Å². The summed E-state index contributed by atoms with van der Waals surface area (Å²) in [6.07, 6.45) is 2.05. The Kier molecular flexibility index (Phi) is 4.35. The highest BCUT2D eigenvalue weighted by molar-refractivity contribution is 5.90. The summed E-state index contributed by atoms with van der Waals surface area (Å²) in [5, 5.41) is 4.32. The highest BCUT2D eigenvalue weighted by Crippen LogP contribution is 2.41. The van der Waals surface area contributed by atoms with Gasteiger partial charge < -0.3 is 4.74 Å². The number of carbonyl (C=O) groups excluding carboxylic acids is 1. The molecule has 0 radical (unpaired) electrons. The van der Waals surface area contributed by atoms with Crippen LogP contribution in [0.3, 0.4) is 0 Å². The predicted octanol–water partition coefficient (Wildman–Crippen LogP) is 3.51. The summed E-state index contributed by atoms with van der Waals surface area (Å²) in [6.45, 7) is 1.52. The predicted molar refractivity (Wildman–Crippen MR) is 98.1 cm³/mol. The van der Waals surface area contributed by atoms with Crippen LogP contribution in [0.15, 0.2) is 54.9 Å². The maximum absolute atomic E-state index is 13.4. The lowest BCUT2D eigenvalue weighted by atomic mass is 9.92. The van der Waals surface area contributed by atoms with Crippen LogP contribution in [0.4, 0.5) is 10.3 Å². The Labute approximate surface area is 156 Å². The molecule has 0 saturated heterocycles. The number of hydrogen-bond donors (Lipinski definition) is 0. The quantitative estimate of drug-likeness (QED) is 0.712. The normalized spacial score (nSPS) is 18.9. The van der Waals surface area contributed by atoms with Crippen molar-refractivity contribution in [2.24, 2.45) is 0 Å². The van der Waals surface area contributed by atoms with Crippen LogP contribution in [0.5, 0.6) is 5.75 Å². The molecule has 0 fully saturated rings. The van der Waals surface area contributed by atoms with E-state index in [0.29, 0.717) is 12.4 Å². The first-order valence-electron chi connectivity index (χ1n) is 8.67. The third-order valence-corrected chi connectivity index (χ3v) is 4.92. The third kappa shape index (κ3) is 3.05. The van der Waals surface area contributed by atoms with E-state index in [4.69, 9.17) is 4.74 Å². The molecule has 1 aliphatic heterocycles. The molecule has 0 saturated carbocycles. The monoisotopic (exact) mass is 366 g/mol. The van der Waals surface area contributed by atoms with Crippen LogP contribution in [0, 0.1) is 5.82 Å². The lowest BCUT2D eigenvalue weighted by Crippen LogP contribution is -2.41. The summed E-state index contributed by atoms with van der Waals surface area (Å²) < 4.78 is 20.3. The number of methoxy groups -OCH3 is 1. The second kappa shape index (κ2) is 6.83. The first-order chi connectivity index (χ1) is 13.1. The van der Waals surface area contributed by atoms with Crippen LogP contribution < -0.4 is 9.64 Å². The van der Waals surface area contributed by atoms with Crippen molar-refractivity contribution in [2.45, 2.75) is 25.4 Å². The molecule has 0 unspecified atom stereocenters. The Morgan fingerprint density at radius 2 is 1.70 bits per heavy atom. The molecule has 1 amide bonds. The van der Waals surface area contributed by atoms with E-state index in [-0.39, 0.29) is 23.8 Å². The van der Waals surface area contributed by atoms with Crippen molar-refractivity contribution in [3.63, 3.8) is 0 Å². The molecule has 1 aromatic heterocycles. The molecule has 7 heteroatoms. The van der Waals surface area contributed by atoms with E-state index in [2.05, 4.69) is 10.1 Å². The number of halogens is 1. The van der Waals surface area contributed by atoms with E-state index in [1.54, 1.807) is 28.8 Å². The number of ether oxygens (including phenoxy) is 1. The molecule has 27 heavy (non-hydrogen) atoms. The van der Waals surface area contributed by atoms with Gasteiger partial charge in [0.15, 0.2) is 0 Å². The highest BCUT2D eigenvalue weighted by Gasteiger charge is 2.38. The van der Waals surface area contributed by atoms with Crippen LogP contribution in [0.25, 0.3) is 0 Å². The lowest BCUT2D eigenvalue weighted by Gasteiger charge is -2.38. The SMILES string of the molecule is COc1ccc([C@@H]2C[C@H](c3ccc(F)cc3)n3ncnc3N2C(C)=O)cc1. The molecule has 4 rings (SSSR count). The number of aromatic nitrogens is 3. The van der Waals surface area contributed by atoms with Crippen molar-refractivity contribution < 1.29 is 13.9 Å². The summed E-state index contributed by atoms with van der Waals surface area (Å²) in [4.78, 5) is 18.4. The second-order valence-corrected chi connectivity index (χ2v) is 6.49. The van der Waals surface area contributed by atoms with Gasteiger partial charge in [0.1, 0.15) is 17.9 Å². The van der Waals surface area contributed by atoms with Crippen LogP contribution in [-0.2, 0) is 4.79 Å². The third-order valence-electron chi connectivity index (χ3n) is 4.92. The fourth-order valence-electron chi connectivity index (χ4n) is 3.63. The first-order valence-corrected chi connectivity index (χ1v) is 8.67. The minimum atomic E-state index is -0.287. The zero-order chi connectivity index (χ0) is 19.0. The fourth-order valence-corrected chi connectivity index (χ4v) is 3.63. The van der Waals surface area contributed by atoms with Gasteiger partial charge in [-0.25, -0.2) is 9.07 Å². The Balaban J connectivity index is 1.80. The molecule has 2 aromatic carbocycles. The van der Waals surface area contributed by atoms with Gasteiger partial charge >= 0.3 is 0 Å². The number of nitrogens with zero attached hydrogens (tertiary/aromatic N) is 4. The number of carbonyl (C=O) groups is 1. The molecule has 3 aromatic rings. The van der Waals surface area contributed by atoms with Gasteiger partial charge in [0.05, 0.1) is 19.2 Å². The van der Waals surface area contributed by atoms with Crippen molar-refractivity contribution in [1.82, 2.24) is 14.8 Å². The topological polar surface area (TPSA) is 60.2 Å². The molecule has 0 bridgehead atoms. The summed E-state index contributed by atoms with van der Waals surface area (Å²) in [7, 11) is 1.62. The molecule has 0 aliphatic carbocycles. The molecular weight excluding hydrogens is 347 g/mol. The van der Waals surface area contributed by atoms with E-state index in [1.165, 1.54) is 25.4 Å². The van der Waals surface area contributed by atoms with Gasteiger partial charge in [-0.2, -0.15) is 10.1 Å². The van der Waals surface area contributed by atoms with Crippen LogP contribution in [0.2, 0.25) is 0 Å². The average molecular weight is 366 g/mol. The highest BCUT2D eigenvalue weighted by atomic mass is 19.1. The number of hydrogen-bond acceptors (Lipinski definition) is 4. The van der Waals surface area contributed by atoms with Gasteiger partial charge in [-0.05, 0) is 41.8 Å². The lowest BCUT2D eigenvalue weighted by molar-refractivity contribution is -0.117. The molecule has 138 valence electrons. The molecule has 2 atom stereocenters. The van der Waals surface area contributed by atoms with Crippen molar-refractivity contribution in [3.05, 3.63) is 71.8 Å². The Morgan fingerprint density at radius 1 is 1.07 bits per heavy atom. The van der Waals surface area contributed by atoms with E-state index in [1.807, 2.05) is 24.3 Å². The van der Waals surface area contributed by atoms with Gasteiger partial charge in [-0.3, -0.25) is 9.69 Å². The van der Waals surface area contributed by atoms with E-state index in [9.17, 15) is 9.18 Å². The van der Waals surface area contributed by atoms with Gasteiger partial charge in [0.25, 0.3) is 0 Å². The van der Waals surface area contributed by atoms with Crippen molar-refractivity contribution in [3.8, 4) is 5.75 Å². The van der Waals surface area contributed by atoms with Crippen LogP contribution >= 0.6 is 0 Å². The maximum Gasteiger partial charge on any atom is 0.231 e. The summed E-state index contributed by atoms with van der Waals surface area (Å²) in [6, 6.07) is 13.7. The van der Waals surface area contributed by atoms with E-state index < -0.39 is 0 Å². The van der Waals surface area contributed by atoms with E-state index in [0.717, 1.165) is 16.9 Å². The Hall–Kier alpha value is -3.22. The van der Waals surface area contributed by atoms with Gasteiger partial charge in [-0.15, -0.1) is 0 Å². The molecule has 0 spiro atoms.